The van der Waals surface area contributed by atoms with E-state index in [2.05, 4.69) is 4.84 Å². The van der Waals surface area contributed by atoms with Gasteiger partial charge in [-0.3, -0.25) is 0 Å². The molecule has 0 atom stereocenters. The number of methoxy groups -OCH3 is 1. The summed E-state index contributed by atoms with van der Waals surface area (Å²) in [5, 5.41) is 0.652. The molecule has 0 heterocycles. The molecule has 18 heavy (non-hydrogen) atoms. The van der Waals surface area contributed by atoms with E-state index < -0.39 is 0 Å². The quantitative estimate of drug-likeness (QED) is 0.775. The number of nitrogens with two attached hydrogens (primary N) is 1. The minimum atomic E-state index is 0.396. The molecule has 0 aliphatic heterocycles. The Balaban J connectivity index is 2.20. The molecule has 0 aromatic heterocycles. The van der Waals surface area contributed by atoms with Crippen molar-refractivity contribution in [2.45, 2.75) is 19.3 Å². The van der Waals surface area contributed by atoms with Crippen LogP contribution in [0.4, 0.5) is 0 Å². The third-order valence-electron chi connectivity index (χ3n) is 3.02. The van der Waals surface area contributed by atoms with Crippen molar-refractivity contribution in [2.24, 2.45) is 11.8 Å². The zero-order valence-electron chi connectivity index (χ0n) is 10.4. The van der Waals surface area contributed by atoms with Crippen molar-refractivity contribution in [1.29, 1.82) is 0 Å². The fourth-order valence-electron chi connectivity index (χ4n) is 1.78. The molecule has 0 radical (unpaired) electrons. The molecule has 4 nitrogen and oxygen atoms in total. The predicted molar refractivity (Wildman–Crippen MR) is 70.1 cm³/mol. The molecule has 1 aliphatic carbocycles. The third-order valence-corrected chi connectivity index (χ3v) is 3.37. The molecule has 1 saturated carbocycles. The van der Waals surface area contributed by atoms with Crippen molar-refractivity contribution in [1.82, 2.24) is 0 Å². The van der Waals surface area contributed by atoms with Crippen LogP contribution in [-0.2, 0) is 11.3 Å². The van der Waals surface area contributed by atoms with Gasteiger partial charge < -0.3 is 14.3 Å². The van der Waals surface area contributed by atoms with Crippen LogP contribution in [0, 0.1) is 5.92 Å². The molecule has 0 bridgehead atoms. The Morgan fingerprint density at radius 2 is 2.17 bits per heavy atom. The molecule has 1 aliphatic rings. The Hall–Kier alpha value is -0.970. The minimum Gasteiger partial charge on any atom is -0.493 e. The topological polar surface area (TPSA) is 53.7 Å². The van der Waals surface area contributed by atoms with Gasteiger partial charge in [0.05, 0.1) is 20.3 Å². The Morgan fingerprint density at radius 3 is 2.78 bits per heavy atom. The van der Waals surface area contributed by atoms with Crippen LogP contribution >= 0.6 is 11.6 Å². The molecule has 0 amide bonds. The lowest BCUT2D eigenvalue weighted by Crippen LogP contribution is -2.08. The number of hydrogen-bond donors (Lipinski definition) is 1. The second-order valence-corrected chi connectivity index (χ2v) is 4.84. The molecule has 5 heteroatoms. The molecule has 2 rings (SSSR count). The molecular weight excluding hydrogens is 254 g/mol. The Bertz CT molecular complexity index is 407. The molecular formula is C13H18ClNO3. The van der Waals surface area contributed by atoms with Crippen molar-refractivity contribution in [3.05, 3.63) is 22.7 Å². The van der Waals surface area contributed by atoms with Gasteiger partial charge in [-0.1, -0.05) is 11.6 Å². The molecule has 1 fully saturated rings. The highest BCUT2D eigenvalue weighted by atomic mass is 35.5. The summed E-state index contributed by atoms with van der Waals surface area (Å²) in [6, 6.07) is 3.62. The summed E-state index contributed by atoms with van der Waals surface area (Å²) in [6.45, 7) is 1.11. The maximum absolute atomic E-state index is 6.19. The maximum atomic E-state index is 6.19. The monoisotopic (exact) mass is 271 g/mol. The molecule has 1 aromatic rings. The molecule has 0 unspecified atom stereocenters. The van der Waals surface area contributed by atoms with Gasteiger partial charge in [-0.15, -0.1) is 0 Å². The van der Waals surface area contributed by atoms with Crippen molar-refractivity contribution >= 4 is 11.6 Å². The number of benzene rings is 1. The molecule has 0 spiro atoms. The van der Waals surface area contributed by atoms with Gasteiger partial charge in [0.1, 0.15) is 0 Å². The zero-order valence-corrected chi connectivity index (χ0v) is 11.2. The van der Waals surface area contributed by atoms with E-state index in [-0.39, 0.29) is 0 Å². The lowest BCUT2D eigenvalue weighted by molar-refractivity contribution is 0.140. The van der Waals surface area contributed by atoms with Crippen LogP contribution in [0.3, 0.4) is 0 Å². The van der Waals surface area contributed by atoms with Gasteiger partial charge >= 0.3 is 0 Å². The zero-order chi connectivity index (χ0) is 13.0. The van der Waals surface area contributed by atoms with E-state index in [9.17, 15) is 0 Å². The van der Waals surface area contributed by atoms with Gasteiger partial charge in [0.15, 0.2) is 11.5 Å². The summed E-state index contributed by atoms with van der Waals surface area (Å²) < 4.78 is 11.2. The highest BCUT2D eigenvalue weighted by molar-refractivity contribution is 6.31. The van der Waals surface area contributed by atoms with Crippen LogP contribution in [0.25, 0.3) is 0 Å². The summed E-state index contributed by atoms with van der Waals surface area (Å²) in [5.74, 6) is 7.16. The van der Waals surface area contributed by atoms with Crippen molar-refractivity contribution < 1.29 is 14.3 Å². The van der Waals surface area contributed by atoms with Crippen LogP contribution in [0.1, 0.15) is 18.4 Å². The fourth-order valence-corrected chi connectivity index (χ4v) is 2.02. The number of halogens is 1. The third kappa shape index (κ3) is 3.28. The first-order chi connectivity index (χ1) is 8.76. The van der Waals surface area contributed by atoms with Gasteiger partial charge in [-0.25, -0.2) is 5.90 Å². The number of ether oxygens (including phenoxy) is 2. The average molecular weight is 272 g/mol. The van der Waals surface area contributed by atoms with Crippen molar-refractivity contribution in [2.75, 3.05) is 20.3 Å². The fraction of sp³-hybridized carbons (Fsp3) is 0.538. The maximum Gasteiger partial charge on any atom is 0.165 e. The summed E-state index contributed by atoms with van der Waals surface area (Å²) in [6.07, 6.45) is 3.08. The van der Waals surface area contributed by atoms with E-state index in [1.165, 1.54) is 12.8 Å². The minimum absolute atomic E-state index is 0.396. The second-order valence-electron chi connectivity index (χ2n) is 4.43. The smallest absolute Gasteiger partial charge is 0.165 e. The summed E-state index contributed by atoms with van der Waals surface area (Å²) in [4.78, 5) is 4.61. The van der Waals surface area contributed by atoms with Crippen molar-refractivity contribution in [3.8, 4) is 11.5 Å². The van der Waals surface area contributed by atoms with Gasteiger partial charge in [0.2, 0.25) is 0 Å². The van der Waals surface area contributed by atoms with Crippen LogP contribution in [-0.4, -0.2) is 20.3 Å². The Labute approximate surface area is 112 Å². The van der Waals surface area contributed by atoms with E-state index in [1.807, 2.05) is 6.07 Å². The standard InChI is InChI=1S/C13H18ClNO3/c1-16-12-5-4-11(14)10(6-7-18-15)13(12)17-8-9-2-3-9/h4-5,9H,2-3,6-8,15H2,1H3. The summed E-state index contributed by atoms with van der Waals surface area (Å²) in [7, 11) is 1.62. The van der Waals surface area contributed by atoms with Gasteiger partial charge in [0, 0.05) is 17.0 Å². The Morgan fingerprint density at radius 1 is 1.39 bits per heavy atom. The van der Waals surface area contributed by atoms with E-state index in [1.54, 1.807) is 13.2 Å². The van der Waals surface area contributed by atoms with Crippen molar-refractivity contribution in [3.63, 3.8) is 0 Å². The summed E-state index contributed by atoms with van der Waals surface area (Å²) in [5.41, 5.74) is 0.891. The number of rotatable bonds is 7. The van der Waals surface area contributed by atoms with E-state index in [0.717, 1.165) is 5.56 Å². The summed E-state index contributed by atoms with van der Waals surface area (Å²) >= 11 is 6.19. The largest absolute Gasteiger partial charge is 0.493 e. The van der Waals surface area contributed by atoms with Crippen LogP contribution in [0.2, 0.25) is 5.02 Å². The number of hydrogen-bond acceptors (Lipinski definition) is 4. The van der Waals surface area contributed by atoms with Crippen LogP contribution in [0.15, 0.2) is 12.1 Å². The lowest BCUT2D eigenvalue weighted by Gasteiger charge is -2.16. The van der Waals surface area contributed by atoms with Gasteiger partial charge in [-0.2, -0.15) is 0 Å². The molecule has 2 N–H and O–H groups in total. The highest BCUT2D eigenvalue weighted by Crippen LogP contribution is 2.38. The van der Waals surface area contributed by atoms with E-state index in [0.29, 0.717) is 42.1 Å². The first kappa shape index (κ1) is 13.5. The average Bonchev–Trinajstić information content (AvgIpc) is 3.19. The second kappa shape index (κ2) is 6.27. The first-order valence-corrected chi connectivity index (χ1v) is 6.44. The van der Waals surface area contributed by atoms with Gasteiger partial charge in [0.25, 0.3) is 0 Å². The molecule has 100 valence electrons. The Kier molecular flexibility index (Phi) is 4.69. The SMILES string of the molecule is COc1ccc(Cl)c(CCON)c1OCC1CC1. The van der Waals surface area contributed by atoms with E-state index in [4.69, 9.17) is 27.0 Å². The van der Waals surface area contributed by atoms with Crippen LogP contribution in [0.5, 0.6) is 11.5 Å². The normalized spacial score (nSPS) is 14.6. The predicted octanol–water partition coefficient (Wildman–Crippen LogP) is 2.57. The lowest BCUT2D eigenvalue weighted by atomic mass is 10.1. The molecule has 0 saturated heterocycles. The highest BCUT2D eigenvalue weighted by Gasteiger charge is 2.24. The first-order valence-electron chi connectivity index (χ1n) is 6.06. The molecule has 1 aromatic carbocycles. The van der Waals surface area contributed by atoms with Crippen LogP contribution < -0.4 is 15.4 Å². The van der Waals surface area contributed by atoms with Gasteiger partial charge in [-0.05, 0) is 30.9 Å². The van der Waals surface area contributed by atoms with E-state index >= 15 is 0 Å².